The molecule has 6 nitrogen and oxygen atoms in total. The lowest BCUT2D eigenvalue weighted by atomic mass is 10.1. The smallest absolute Gasteiger partial charge is 0.319 e. The number of fused-ring (bicyclic) bond motifs is 1. The van der Waals surface area contributed by atoms with Crippen LogP contribution in [0.3, 0.4) is 0 Å². The van der Waals surface area contributed by atoms with Crippen molar-refractivity contribution in [3.8, 4) is 0 Å². The summed E-state index contributed by atoms with van der Waals surface area (Å²) in [5, 5.41) is 8.60. The Bertz CT molecular complexity index is 1010. The van der Waals surface area contributed by atoms with Crippen LogP contribution in [0.1, 0.15) is 52.9 Å². The maximum absolute atomic E-state index is 13.4. The summed E-state index contributed by atoms with van der Waals surface area (Å²) in [6.07, 6.45) is 1.61. The Kier molecular flexibility index (Phi) is 5.17. The Hall–Kier alpha value is -3.03. The summed E-state index contributed by atoms with van der Waals surface area (Å²) in [5.74, 6) is 1.16. The van der Waals surface area contributed by atoms with Crippen LogP contribution < -0.4 is 0 Å². The van der Waals surface area contributed by atoms with E-state index in [1.54, 1.807) is 11.8 Å². The molecule has 0 saturated heterocycles. The SMILES string of the molecule is Cc1ccc(C(=O)N2Cc3nnc(CCc4ccccc4)n3[C@@H](C)C2)n1C(F)F. The molecule has 0 fully saturated rings. The fourth-order valence-electron chi connectivity index (χ4n) is 3.98. The minimum absolute atomic E-state index is 0.00182. The monoisotopic (exact) mass is 399 g/mol. The molecule has 0 N–H and O–H groups in total. The van der Waals surface area contributed by atoms with E-state index in [-0.39, 0.29) is 18.3 Å². The Morgan fingerprint density at radius 2 is 1.90 bits per heavy atom. The second-order valence-electron chi connectivity index (χ2n) is 7.43. The Morgan fingerprint density at radius 3 is 2.62 bits per heavy atom. The van der Waals surface area contributed by atoms with Crippen molar-refractivity contribution < 1.29 is 13.6 Å². The standard InChI is InChI=1S/C21H23F2N5O/c1-14-8-10-17(27(14)21(22)23)20(29)26-12-15(2)28-18(24-25-19(28)13-26)11-9-16-6-4-3-5-7-16/h3-8,10,15,21H,9,11-13H2,1-2H3/t15-/m0/s1. The number of hydrogen-bond donors (Lipinski definition) is 0. The van der Waals surface area contributed by atoms with Crippen molar-refractivity contribution in [3.63, 3.8) is 0 Å². The molecule has 1 aromatic carbocycles. The van der Waals surface area contributed by atoms with Gasteiger partial charge < -0.3 is 9.47 Å². The highest BCUT2D eigenvalue weighted by atomic mass is 19.3. The van der Waals surface area contributed by atoms with E-state index in [2.05, 4.69) is 26.9 Å². The molecule has 2 aromatic heterocycles. The number of benzene rings is 1. The topological polar surface area (TPSA) is 56.0 Å². The van der Waals surface area contributed by atoms with Crippen molar-refractivity contribution >= 4 is 5.91 Å². The number of hydrogen-bond acceptors (Lipinski definition) is 3. The summed E-state index contributed by atoms with van der Waals surface area (Å²) in [5.41, 5.74) is 1.59. The van der Waals surface area contributed by atoms with E-state index in [0.29, 0.717) is 18.1 Å². The number of carbonyl (C=O) groups is 1. The van der Waals surface area contributed by atoms with Gasteiger partial charge in [0.1, 0.15) is 11.5 Å². The summed E-state index contributed by atoms with van der Waals surface area (Å²) in [6.45, 7) is 1.50. The molecule has 8 heteroatoms. The number of aryl methyl sites for hydroxylation is 3. The summed E-state index contributed by atoms with van der Waals surface area (Å²) >= 11 is 0. The quantitative estimate of drug-likeness (QED) is 0.656. The van der Waals surface area contributed by atoms with Crippen LogP contribution in [-0.4, -0.2) is 36.7 Å². The Labute approximate surface area is 167 Å². The van der Waals surface area contributed by atoms with Crippen LogP contribution in [0.5, 0.6) is 0 Å². The molecule has 3 aromatic rings. The normalized spacial score (nSPS) is 16.3. The predicted molar refractivity (Wildman–Crippen MR) is 104 cm³/mol. The average molecular weight is 399 g/mol. The zero-order valence-electron chi connectivity index (χ0n) is 16.4. The van der Waals surface area contributed by atoms with E-state index in [9.17, 15) is 13.6 Å². The molecule has 29 heavy (non-hydrogen) atoms. The van der Waals surface area contributed by atoms with Crippen LogP contribution in [0, 0.1) is 6.92 Å². The maximum atomic E-state index is 13.4. The van der Waals surface area contributed by atoms with Gasteiger partial charge in [0.25, 0.3) is 5.91 Å². The molecule has 0 unspecified atom stereocenters. The molecule has 1 amide bonds. The van der Waals surface area contributed by atoms with Crippen LogP contribution in [0.2, 0.25) is 0 Å². The lowest BCUT2D eigenvalue weighted by Gasteiger charge is -2.32. The fraction of sp³-hybridized carbons (Fsp3) is 0.381. The number of amides is 1. The summed E-state index contributed by atoms with van der Waals surface area (Å²) in [6, 6.07) is 13.1. The van der Waals surface area contributed by atoms with Crippen LogP contribution in [-0.2, 0) is 19.4 Å². The lowest BCUT2D eigenvalue weighted by Crippen LogP contribution is -2.41. The third kappa shape index (κ3) is 3.66. The van der Waals surface area contributed by atoms with Crippen molar-refractivity contribution in [1.82, 2.24) is 24.2 Å². The van der Waals surface area contributed by atoms with Crippen molar-refractivity contribution in [2.75, 3.05) is 6.54 Å². The van der Waals surface area contributed by atoms with Gasteiger partial charge in [-0.05, 0) is 38.0 Å². The molecule has 0 bridgehead atoms. The number of carbonyl (C=O) groups excluding carboxylic acids is 1. The summed E-state index contributed by atoms with van der Waals surface area (Å²) in [7, 11) is 0. The van der Waals surface area contributed by atoms with Gasteiger partial charge in [-0.25, -0.2) is 0 Å². The molecule has 0 aliphatic carbocycles. The molecule has 0 spiro atoms. The first-order valence-electron chi connectivity index (χ1n) is 9.67. The fourth-order valence-corrected chi connectivity index (χ4v) is 3.98. The largest absolute Gasteiger partial charge is 0.328 e. The van der Waals surface area contributed by atoms with Crippen molar-refractivity contribution in [3.05, 3.63) is 71.1 Å². The molecular formula is C21H23F2N5O. The highest BCUT2D eigenvalue weighted by Gasteiger charge is 2.31. The zero-order valence-corrected chi connectivity index (χ0v) is 16.4. The molecule has 3 heterocycles. The van der Waals surface area contributed by atoms with Gasteiger partial charge in [0, 0.05) is 18.7 Å². The molecule has 1 atom stereocenters. The van der Waals surface area contributed by atoms with Crippen molar-refractivity contribution in [2.24, 2.45) is 0 Å². The molecule has 1 aliphatic heterocycles. The first kappa shape index (κ1) is 19.3. The molecule has 4 rings (SSSR count). The summed E-state index contributed by atoms with van der Waals surface area (Å²) < 4.78 is 29.6. The van der Waals surface area contributed by atoms with Gasteiger partial charge in [-0.2, -0.15) is 8.78 Å². The molecule has 1 aliphatic rings. The number of alkyl halides is 2. The van der Waals surface area contributed by atoms with Crippen LogP contribution in [0.15, 0.2) is 42.5 Å². The average Bonchev–Trinajstić information content (AvgIpc) is 3.30. The third-order valence-electron chi connectivity index (χ3n) is 5.40. The summed E-state index contributed by atoms with van der Waals surface area (Å²) in [4.78, 5) is 14.5. The number of halogens is 2. The van der Waals surface area contributed by atoms with E-state index >= 15 is 0 Å². The van der Waals surface area contributed by atoms with Gasteiger partial charge in [0.2, 0.25) is 0 Å². The van der Waals surface area contributed by atoms with Gasteiger partial charge >= 0.3 is 6.55 Å². The van der Waals surface area contributed by atoms with Gasteiger partial charge in [-0.3, -0.25) is 9.36 Å². The second-order valence-corrected chi connectivity index (χ2v) is 7.43. The Balaban J connectivity index is 1.52. The third-order valence-corrected chi connectivity index (χ3v) is 5.40. The minimum Gasteiger partial charge on any atom is -0.328 e. The van der Waals surface area contributed by atoms with E-state index in [4.69, 9.17) is 0 Å². The number of rotatable bonds is 5. The Morgan fingerprint density at radius 1 is 1.14 bits per heavy atom. The number of aromatic nitrogens is 4. The van der Waals surface area contributed by atoms with Crippen molar-refractivity contribution in [2.45, 2.75) is 45.8 Å². The minimum atomic E-state index is -2.75. The lowest BCUT2D eigenvalue weighted by molar-refractivity contribution is 0.0515. The maximum Gasteiger partial charge on any atom is 0.319 e. The first-order chi connectivity index (χ1) is 14.0. The van der Waals surface area contributed by atoms with Crippen molar-refractivity contribution in [1.29, 1.82) is 0 Å². The predicted octanol–water partition coefficient (Wildman–Crippen LogP) is 3.79. The van der Waals surface area contributed by atoms with Crippen LogP contribution >= 0.6 is 0 Å². The van der Waals surface area contributed by atoms with E-state index in [0.717, 1.165) is 23.2 Å². The van der Waals surface area contributed by atoms with Gasteiger partial charge in [-0.15, -0.1) is 10.2 Å². The van der Waals surface area contributed by atoms with E-state index < -0.39 is 12.5 Å². The van der Waals surface area contributed by atoms with Gasteiger partial charge in [-0.1, -0.05) is 30.3 Å². The highest BCUT2D eigenvalue weighted by Crippen LogP contribution is 2.26. The van der Waals surface area contributed by atoms with Crippen LogP contribution in [0.25, 0.3) is 0 Å². The molecule has 152 valence electrons. The van der Waals surface area contributed by atoms with Crippen LogP contribution in [0.4, 0.5) is 8.78 Å². The first-order valence-corrected chi connectivity index (χ1v) is 9.67. The number of nitrogens with zero attached hydrogens (tertiary/aromatic N) is 5. The second kappa shape index (κ2) is 7.77. The van der Waals surface area contributed by atoms with E-state index in [1.165, 1.54) is 17.7 Å². The molecule has 0 radical (unpaired) electrons. The van der Waals surface area contributed by atoms with Gasteiger partial charge in [0.05, 0.1) is 12.6 Å². The highest BCUT2D eigenvalue weighted by molar-refractivity contribution is 5.93. The zero-order chi connectivity index (χ0) is 20.5. The van der Waals surface area contributed by atoms with E-state index in [1.807, 2.05) is 25.1 Å². The molecular weight excluding hydrogens is 376 g/mol. The van der Waals surface area contributed by atoms with Gasteiger partial charge in [0.15, 0.2) is 5.82 Å². The molecule has 0 saturated carbocycles.